The van der Waals surface area contributed by atoms with Crippen molar-refractivity contribution in [3.63, 3.8) is 0 Å². The Labute approximate surface area is 91.1 Å². The van der Waals surface area contributed by atoms with E-state index in [2.05, 4.69) is 15.9 Å². The third-order valence-electron chi connectivity index (χ3n) is 1.85. The first kappa shape index (κ1) is 11.0. The van der Waals surface area contributed by atoms with Crippen LogP contribution in [0, 0.1) is 0 Å². The van der Waals surface area contributed by atoms with E-state index in [1.165, 1.54) is 0 Å². The molecule has 4 heteroatoms. The highest BCUT2D eigenvalue weighted by atomic mass is 79.9. The zero-order chi connectivity index (χ0) is 10.1. The minimum Gasteiger partial charge on any atom is -0.294 e. The van der Waals surface area contributed by atoms with Crippen LogP contribution in [0.4, 0.5) is 0 Å². The summed E-state index contributed by atoms with van der Waals surface area (Å²) in [5.74, 6) is 5.18. The molecule has 0 aliphatic carbocycles. The van der Waals surface area contributed by atoms with Crippen LogP contribution in [0.25, 0.3) is 0 Å². The summed E-state index contributed by atoms with van der Waals surface area (Å²) in [6, 6.07) is 5.58. The van der Waals surface area contributed by atoms with Gasteiger partial charge in [-0.1, -0.05) is 27.5 Å². The number of rotatable bonds is 2. The van der Waals surface area contributed by atoms with Gasteiger partial charge in [-0.25, -0.2) is 5.90 Å². The SMILES string of the molecule is CC(C)(ON)c1cc(Cl)cc(Br)c1. The molecule has 72 valence electrons. The normalized spacial score (nSPS) is 11.8. The molecule has 2 N–H and O–H groups in total. The average molecular weight is 265 g/mol. The predicted octanol–water partition coefficient (Wildman–Crippen LogP) is 3.23. The van der Waals surface area contributed by atoms with Crippen molar-refractivity contribution in [2.24, 2.45) is 5.90 Å². The lowest BCUT2D eigenvalue weighted by molar-refractivity contribution is -0.0236. The second kappa shape index (κ2) is 3.96. The summed E-state index contributed by atoms with van der Waals surface area (Å²) in [5.41, 5.74) is 0.419. The number of halogens is 2. The van der Waals surface area contributed by atoms with E-state index >= 15 is 0 Å². The molecule has 0 saturated heterocycles. The fraction of sp³-hybridized carbons (Fsp3) is 0.333. The van der Waals surface area contributed by atoms with E-state index in [0.717, 1.165) is 10.0 Å². The van der Waals surface area contributed by atoms with Crippen molar-refractivity contribution in [1.82, 2.24) is 0 Å². The largest absolute Gasteiger partial charge is 0.294 e. The van der Waals surface area contributed by atoms with Crippen LogP contribution in [0.5, 0.6) is 0 Å². The second-order valence-corrected chi connectivity index (χ2v) is 4.64. The molecular weight excluding hydrogens is 253 g/mol. The van der Waals surface area contributed by atoms with Gasteiger partial charge in [0.2, 0.25) is 0 Å². The van der Waals surface area contributed by atoms with Crippen molar-refractivity contribution >= 4 is 27.5 Å². The van der Waals surface area contributed by atoms with Gasteiger partial charge in [0, 0.05) is 9.50 Å². The van der Waals surface area contributed by atoms with Gasteiger partial charge in [-0.2, -0.15) is 0 Å². The Morgan fingerprint density at radius 3 is 2.46 bits per heavy atom. The Bertz CT molecular complexity index is 294. The van der Waals surface area contributed by atoms with E-state index in [0.29, 0.717) is 5.02 Å². The zero-order valence-corrected chi connectivity index (χ0v) is 9.82. The molecule has 0 saturated carbocycles. The van der Waals surface area contributed by atoms with Crippen LogP contribution in [-0.2, 0) is 10.4 Å². The third kappa shape index (κ3) is 2.68. The van der Waals surface area contributed by atoms with Gasteiger partial charge in [-0.05, 0) is 37.6 Å². The average Bonchev–Trinajstić information content (AvgIpc) is 2.02. The molecule has 0 aliphatic heterocycles. The molecule has 0 radical (unpaired) electrons. The lowest BCUT2D eigenvalue weighted by Crippen LogP contribution is -2.25. The standard InChI is InChI=1S/C9H11BrClNO/c1-9(2,13-12)6-3-7(10)5-8(11)4-6/h3-5H,12H2,1-2H3. The summed E-state index contributed by atoms with van der Waals surface area (Å²) < 4.78 is 0.917. The van der Waals surface area contributed by atoms with Crippen molar-refractivity contribution in [2.75, 3.05) is 0 Å². The zero-order valence-electron chi connectivity index (χ0n) is 7.47. The van der Waals surface area contributed by atoms with Gasteiger partial charge in [0.15, 0.2) is 0 Å². The van der Waals surface area contributed by atoms with Crippen molar-refractivity contribution in [3.05, 3.63) is 33.3 Å². The molecule has 0 spiro atoms. The van der Waals surface area contributed by atoms with Crippen molar-refractivity contribution in [3.8, 4) is 0 Å². The molecule has 1 aromatic rings. The highest BCUT2D eigenvalue weighted by molar-refractivity contribution is 9.10. The van der Waals surface area contributed by atoms with Crippen LogP contribution in [0.15, 0.2) is 22.7 Å². The summed E-state index contributed by atoms with van der Waals surface area (Å²) in [6.45, 7) is 3.76. The topological polar surface area (TPSA) is 35.2 Å². The molecule has 0 aliphatic rings. The lowest BCUT2D eigenvalue weighted by atomic mass is 9.99. The van der Waals surface area contributed by atoms with Crippen LogP contribution in [0.3, 0.4) is 0 Å². The number of hydrogen-bond donors (Lipinski definition) is 1. The maximum absolute atomic E-state index is 5.89. The van der Waals surface area contributed by atoms with Crippen LogP contribution < -0.4 is 5.90 Å². The Morgan fingerprint density at radius 1 is 1.38 bits per heavy atom. The smallest absolute Gasteiger partial charge is 0.109 e. The lowest BCUT2D eigenvalue weighted by Gasteiger charge is -2.22. The van der Waals surface area contributed by atoms with Gasteiger partial charge >= 0.3 is 0 Å². The Hall–Kier alpha value is -0.0900. The van der Waals surface area contributed by atoms with E-state index in [1.54, 1.807) is 0 Å². The third-order valence-corrected chi connectivity index (χ3v) is 2.53. The minimum absolute atomic E-state index is 0.520. The molecule has 2 nitrogen and oxygen atoms in total. The second-order valence-electron chi connectivity index (χ2n) is 3.29. The van der Waals surface area contributed by atoms with Gasteiger partial charge in [-0.3, -0.25) is 4.84 Å². The maximum atomic E-state index is 5.89. The molecule has 13 heavy (non-hydrogen) atoms. The highest BCUT2D eigenvalue weighted by Gasteiger charge is 2.21. The summed E-state index contributed by atoms with van der Waals surface area (Å²) in [4.78, 5) is 4.85. The fourth-order valence-electron chi connectivity index (χ4n) is 0.969. The molecule has 0 fully saturated rings. The first-order chi connectivity index (χ1) is 5.95. The predicted molar refractivity (Wildman–Crippen MR) is 57.5 cm³/mol. The summed E-state index contributed by atoms with van der Waals surface area (Å²) in [5, 5.41) is 0.662. The van der Waals surface area contributed by atoms with Crippen molar-refractivity contribution < 1.29 is 4.84 Å². The van der Waals surface area contributed by atoms with Crippen molar-refractivity contribution in [2.45, 2.75) is 19.4 Å². The molecule has 0 heterocycles. The summed E-state index contributed by atoms with van der Waals surface area (Å²) in [7, 11) is 0. The number of nitrogens with two attached hydrogens (primary N) is 1. The Morgan fingerprint density at radius 2 is 2.00 bits per heavy atom. The molecule has 0 aromatic heterocycles. The first-order valence-electron chi connectivity index (χ1n) is 3.80. The van der Waals surface area contributed by atoms with Crippen LogP contribution in [0.2, 0.25) is 5.02 Å². The summed E-state index contributed by atoms with van der Waals surface area (Å²) in [6.07, 6.45) is 0. The first-order valence-corrected chi connectivity index (χ1v) is 4.97. The minimum atomic E-state index is -0.520. The molecule has 0 unspecified atom stereocenters. The quantitative estimate of drug-likeness (QED) is 0.833. The van der Waals surface area contributed by atoms with E-state index in [4.69, 9.17) is 22.3 Å². The molecule has 1 aromatic carbocycles. The van der Waals surface area contributed by atoms with Crippen molar-refractivity contribution in [1.29, 1.82) is 0 Å². The Balaban J connectivity index is 3.15. The molecule has 0 amide bonds. The highest BCUT2D eigenvalue weighted by Crippen LogP contribution is 2.28. The van der Waals surface area contributed by atoms with Crippen LogP contribution in [0.1, 0.15) is 19.4 Å². The van der Waals surface area contributed by atoms with Gasteiger partial charge < -0.3 is 0 Å². The maximum Gasteiger partial charge on any atom is 0.109 e. The van der Waals surface area contributed by atoms with Gasteiger partial charge in [0.25, 0.3) is 0 Å². The Kier molecular flexibility index (Phi) is 3.35. The summed E-state index contributed by atoms with van der Waals surface area (Å²) >= 11 is 9.24. The monoisotopic (exact) mass is 263 g/mol. The van der Waals surface area contributed by atoms with E-state index in [9.17, 15) is 0 Å². The molecular formula is C9H11BrClNO. The van der Waals surface area contributed by atoms with E-state index < -0.39 is 5.60 Å². The van der Waals surface area contributed by atoms with Gasteiger partial charge in [-0.15, -0.1) is 0 Å². The van der Waals surface area contributed by atoms with E-state index in [1.807, 2.05) is 32.0 Å². The van der Waals surface area contributed by atoms with Gasteiger partial charge in [0.05, 0.1) is 0 Å². The molecule has 0 atom stereocenters. The van der Waals surface area contributed by atoms with E-state index in [-0.39, 0.29) is 0 Å². The fourth-order valence-corrected chi connectivity index (χ4v) is 1.83. The van der Waals surface area contributed by atoms with Gasteiger partial charge in [0.1, 0.15) is 5.60 Å². The molecule has 0 bridgehead atoms. The molecule has 1 rings (SSSR count). The van der Waals surface area contributed by atoms with Crippen LogP contribution in [-0.4, -0.2) is 0 Å². The number of benzene rings is 1. The number of hydrogen-bond acceptors (Lipinski definition) is 2. The van der Waals surface area contributed by atoms with Crippen LogP contribution >= 0.6 is 27.5 Å².